The third-order valence-electron chi connectivity index (χ3n) is 2.92. The summed E-state index contributed by atoms with van der Waals surface area (Å²) in [4.78, 5) is 4.47. The van der Waals surface area contributed by atoms with Crippen LogP contribution in [0, 0.1) is 0 Å². The van der Waals surface area contributed by atoms with Crippen LogP contribution >= 0.6 is 12.2 Å². The molecule has 1 atom stereocenters. The van der Waals surface area contributed by atoms with Gasteiger partial charge in [-0.25, -0.2) is 0 Å². The van der Waals surface area contributed by atoms with Crippen molar-refractivity contribution in [2.24, 2.45) is 5.73 Å². The van der Waals surface area contributed by atoms with E-state index in [9.17, 15) is 0 Å². The molecule has 0 amide bonds. The van der Waals surface area contributed by atoms with E-state index in [4.69, 9.17) is 18.0 Å². The number of thiocarbonyl (C=S) groups is 1. The van der Waals surface area contributed by atoms with Crippen molar-refractivity contribution in [2.75, 3.05) is 5.32 Å². The van der Waals surface area contributed by atoms with Gasteiger partial charge in [0.2, 0.25) is 0 Å². The van der Waals surface area contributed by atoms with E-state index >= 15 is 0 Å². The predicted molar refractivity (Wildman–Crippen MR) is 82.0 cm³/mol. The number of unbranched alkanes of at least 4 members (excludes halogenated alkanes) is 3. The molecule has 3 N–H and O–H groups in total. The molecule has 1 aromatic heterocycles. The van der Waals surface area contributed by atoms with Gasteiger partial charge in [-0.05, 0) is 25.5 Å². The standard InChI is InChI=1S/C14H23N3S/c1-3-4-5-6-7-11(2)17-12-8-9-16-13(10-12)14(15)18/h8-11H,3-7H2,1-2H3,(H2,15,18)(H,16,17). The molecule has 1 unspecified atom stereocenters. The Kier molecular flexibility index (Phi) is 6.65. The molecule has 1 heterocycles. The van der Waals surface area contributed by atoms with Gasteiger partial charge in [0.1, 0.15) is 4.99 Å². The van der Waals surface area contributed by atoms with Gasteiger partial charge in [-0.15, -0.1) is 0 Å². The minimum absolute atomic E-state index is 0.342. The lowest BCUT2D eigenvalue weighted by Gasteiger charge is -2.15. The maximum Gasteiger partial charge on any atom is 0.122 e. The molecular formula is C14H23N3S. The van der Waals surface area contributed by atoms with Gasteiger partial charge in [-0.2, -0.15) is 0 Å². The predicted octanol–water partition coefficient (Wildman–Crippen LogP) is 3.49. The summed E-state index contributed by atoms with van der Waals surface area (Å²) in [5, 5.41) is 3.46. The molecular weight excluding hydrogens is 242 g/mol. The van der Waals surface area contributed by atoms with Gasteiger partial charge in [0.15, 0.2) is 0 Å². The number of hydrogen-bond acceptors (Lipinski definition) is 3. The molecule has 0 spiro atoms. The molecule has 0 fully saturated rings. The van der Waals surface area contributed by atoms with Gasteiger partial charge in [0.25, 0.3) is 0 Å². The second-order valence-corrected chi connectivity index (χ2v) is 5.13. The molecule has 1 rings (SSSR count). The minimum atomic E-state index is 0.342. The van der Waals surface area contributed by atoms with E-state index in [-0.39, 0.29) is 0 Å². The molecule has 0 saturated heterocycles. The summed E-state index contributed by atoms with van der Waals surface area (Å²) in [6.07, 6.45) is 8.12. The summed E-state index contributed by atoms with van der Waals surface area (Å²) >= 11 is 4.92. The summed E-state index contributed by atoms with van der Waals surface area (Å²) in [5.41, 5.74) is 7.28. The Morgan fingerprint density at radius 3 is 2.89 bits per heavy atom. The Balaban J connectivity index is 2.41. The van der Waals surface area contributed by atoms with Gasteiger partial charge in [-0.1, -0.05) is 44.8 Å². The van der Waals surface area contributed by atoms with E-state index in [0.29, 0.717) is 16.7 Å². The summed E-state index contributed by atoms with van der Waals surface area (Å²) < 4.78 is 0. The molecule has 0 aliphatic heterocycles. The largest absolute Gasteiger partial charge is 0.388 e. The SMILES string of the molecule is CCCCCCC(C)Nc1ccnc(C(N)=S)c1. The molecule has 3 nitrogen and oxygen atoms in total. The highest BCUT2D eigenvalue weighted by Gasteiger charge is 2.04. The van der Waals surface area contributed by atoms with E-state index in [1.165, 1.54) is 32.1 Å². The summed E-state index contributed by atoms with van der Waals surface area (Å²) in [5.74, 6) is 0. The Morgan fingerprint density at radius 2 is 2.22 bits per heavy atom. The smallest absolute Gasteiger partial charge is 0.122 e. The first-order valence-electron chi connectivity index (χ1n) is 6.66. The van der Waals surface area contributed by atoms with Crippen molar-refractivity contribution in [1.29, 1.82) is 0 Å². The van der Waals surface area contributed by atoms with E-state index in [0.717, 1.165) is 5.69 Å². The number of hydrogen-bond donors (Lipinski definition) is 2. The minimum Gasteiger partial charge on any atom is -0.388 e. The van der Waals surface area contributed by atoms with Gasteiger partial charge in [0, 0.05) is 17.9 Å². The van der Waals surface area contributed by atoms with Crippen LogP contribution in [0.1, 0.15) is 51.6 Å². The topological polar surface area (TPSA) is 50.9 Å². The molecule has 1 aromatic rings. The molecule has 4 heteroatoms. The Hall–Kier alpha value is -1.16. The van der Waals surface area contributed by atoms with E-state index in [1.54, 1.807) is 6.20 Å². The van der Waals surface area contributed by atoms with Crippen molar-refractivity contribution in [3.05, 3.63) is 24.0 Å². The van der Waals surface area contributed by atoms with Gasteiger partial charge >= 0.3 is 0 Å². The maximum atomic E-state index is 5.57. The highest BCUT2D eigenvalue weighted by molar-refractivity contribution is 7.80. The third kappa shape index (κ3) is 5.45. The van der Waals surface area contributed by atoms with Crippen molar-refractivity contribution in [3.63, 3.8) is 0 Å². The fraction of sp³-hybridized carbons (Fsp3) is 0.571. The lowest BCUT2D eigenvalue weighted by molar-refractivity contribution is 0.594. The molecule has 18 heavy (non-hydrogen) atoms. The fourth-order valence-electron chi connectivity index (χ4n) is 1.89. The zero-order chi connectivity index (χ0) is 13.4. The van der Waals surface area contributed by atoms with Crippen LogP contribution in [-0.4, -0.2) is 16.0 Å². The van der Waals surface area contributed by atoms with Crippen LogP contribution in [0.15, 0.2) is 18.3 Å². The lowest BCUT2D eigenvalue weighted by atomic mass is 10.1. The van der Waals surface area contributed by atoms with E-state index in [2.05, 4.69) is 24.1 Å². The van der Waals surface area contributed by atoms with Crippen LogP contribution in [0.3, 0.4) is 0 Å². The van der Waals surface area contributed by atoms with E-state index in [1.807, 2.05) is 12.1 Å². The second-order valence-electron chi connectivity index (χ2n) is 4.69. The summed E-state index contributed by atoms with van der Waals surface area (Å²) in [6.45, 7) is 4.43. The van der Waals surface area contributed by atoms with Gasteiger partial charge < -0.3 is 11.1 Å². The quantitative estimate of drug-likeness (QED) is 0.558. The Bertz CT molecular complexity index is 379. The van der Waals surface area contributed by atoms with Crippen LogP contribution in [0.5, 0.6) is 0 Å². The zero-order valence-electron chi connectivity index (χ0n) is 11.3. The van der Waals surface area contributed by atoms with Crippen molar-refractivity contribution in [1.82, 2.24) is 4.98 Å². The number of nitrogens with zero attached hydrogens (tertiary/aromatic N) is 1. The number of anilines is 1. The van der Waals surface area contributed by atoms with Crippen LogP contribution in [-0.2, 0) is 0 Å². The fourth-order valence-corrected chi connectivity index (χ4v) is 2.00. The zero-order valence-corrected chi connectivity index (χ0v) is 12.1. The number of nitrogens with one attached hydrogen (secondary N) is 1. The van der Waals surface area contributed by atoms with Crippen LogP contribution in [0.25, 0.3) is 0 Å². The van der Waals surface area contributed by atoms with Crippen molar-refractivity contribution in [2.45, 2.75) is 52.0 Å². The maximum absolute atomic E-state index is 5.57. The molecule has 0 bridgehead atoms. The number of nitrogens with two attached hydrogens (primary N) is 1. The average Bonchev–Trinajstić information content (AvgIpc) is 2.35. The molecule has 0 aliphatic carbocycles. The monoisotopic (exact) mass is 265 g/mol. The van der Waals surface area contributed by atoms with Crippen LogP contribution in [0.4, 0.5) is 5.69 Å². The van der Waals surface area contributed by atoms with Crippen molar-refractivity contribution in [3.8, 4) is 0 Å². The molecule has 0 aromatic carbocycles. The first kappa shape index (κ1) is 14.9. The van der Waals surface area contributed by atoms with Crippen molar-refractivity contribution >= 4 is 22.9 Å². The summed E-state index contributed by atoms with van der Waals surface area (Å²) in [7, 11) is 0. The Labute approximate surface area is 115 Å². The van der Waals surface area contributed by atoms with Crippen LogP contribution < -0.4 is 11.1 Å². The first-order valence-corrected chi connectivity index (χ1v) is 7.06. The highest BCUT2D eigenvalue weighted by atomic mass is 32.1. The number of pyridine rings is 1. The number of rotatable bonds is 8. The molecule has 0 saturated carbocycles. The van der Waals surface area contributed by atoms with E-state index < -0.39 is 0 Å². The molecule has 0 aliphatic rings. The highest BCUT2D eigenvalue weighted by Crippen LogP contribution is 2.13. The number of aromatic nitrogens is 1. The lowest BCUT2D eigenvalue weighted by Crippen LogP contribution is -2.16. The van der Waals surface area contributed by atoms with Gasteiger partial charge in [0.05, 0.1) is 5.69 Å². The van der Waals surface area contributed by atoms with Crippen LogP contribution in [0.2, 0.25) is 0 Å². The van der Waals surface area contributed by atoms with Crippen molar-refractivity contribution < 1.29 is 0 Å². The third-order valence-corrected chi connectivity index (χ3v) is 3.13. The molecule has 100 valence electrons. The van der Waals surface area contributed by atoms with Gasteiger partial charge in [-0.3, -0.25) is 4.98 Å². The summed E-state index contributed by atoms with van der Waals surface area (Å²) in [6, 6.07) is 4.32. The normalized spacial score (nSPS) is 12.1. The second kappa shape index (κ2) is 8.03. The first-order chi connectivity index (χ1) is 8.63. The average molecular weight is 265 g/mol. The molecule has 0 radical (unpaired) electrons. The Morgan fingerprint density at radius 1 is 1.44 bits per heavy atom.